The molecule has 1 fully saturated rings. The van der Waals surface area contributed by atoms with E-state index in [1.165, 1.54) is 62.8 Å². The van der Waals surface area contributed by atoms with Crippen LogP contribution in [0.1, 0.15) is 79.9 Å². The van der Waals surface area contributed by atoms with Gasteiger partial charge in [0.25, 0.3) is 5.91 Å². The van der Waals surface area contributed by atoms with E-state index in [2.05, 4.69) is 34.3 Å². The standard InChI is InChI=1S/C33H52N10O7S2/c1-7-19-40(20-8-2)36-28-13-15-29(16-14-28)41(33(45)46)23-26-9-11-27(12-10-26)32(44)39(24-30-34-17-21-42(30)51(47,48)37(3)4)25-31-35-18-22-43(31)52(49,50)38(5)6/h9-12,17-18,21-22,28-29,36H,7-8,13-16,19-20,23-25H2,1-6H3,(H,45,46). The molecule has 2 aromatic heterocycles. The summed E-state index contributed by atoms with van der Waals surface area (Å²) in [5.74, 6) is -0.489. The van der Waals surface area contributed by atoms with Crippen LogP contribution in [0.4, 0.5) is 4.79 Å². The van der Waals surface area contributed by atoms with E-state index in [0.717, 1.165) is 68.2 Å². The molecule has 1 saturated carbocycles. The smallest absolute Gasteiger partial charge is 0.407 e. The van der Waals surface area contributed by atoms with E-state index >= 15 is 0 Å². The van der Waals surface area contributed by atoms with E-state index in [1.807, 2.05) is 0 Å². The summed E-state index contributed by atoms with van der Waals surface area (Å²) in [5, 5.41) is 12.4. The largest absolute Gasteiger partial charge is 0.465 e. The van der Waals surface area contributed by atoms with Gasteiger partial charge in [0.05, 0.1) is 13.1 Å². The minimum absolute atomic E-state index is 0.0256. The van der Waals surface area contributed by atoms with Crippen molar-refractivity contribution in [2.45, 2.75) is 84.1 Å². The van der Waals surface area contributed by atoms with Crippen LogP contribution in [0.5, 0.6) is 0 Å². The van der Waals surface area contributed by atoms with Crippen LogP contribution in [0, 0.1) is 0 Å². The molecule has 0 saturated heterocycles. The summed E-state index contributed by atoms with van der Waals surface area (Å²) < 4.78 is 55.9. The first-order chi connectivity index (χ1) is 24.6. The van der Waals surface area contributed by atoms with Crippen LogP contribution in [0.3, 0.4) is 0 Å². The number of nitrogens with zero attached hydrogens (tertiary/aromatic N) is 9. The molecule has 1 aromatic carbocycles. The zero-order valence-corrected chi connectivity index (χ0v) is 32.4. The fourth-order valence-electron chi connectivity index (χ4n) is 6.22. The topological polar surface area (TPSA) is 187 Å². The van der Waals surface area contributed by atoms with E-state index in [1.54, 1.807) is 24.3 Å². The molecule has 1 aliphatic carbocycles. The summed E-state index contributed by atoms with van der Waals surface area (Å²) in [6, 6.07) is 6.71. The molecule has 52 heavy (non-hydrogen) atoms. The molecule has 0 atom stereocenters. The summed E-state index contributed by atoms with van der Waals surface area (Å²) in [6.45, 7) is 5.80. The Bertz CT molecular complexity index is 1770. The molecule has 288 valence electrons. The van der Waals surface area contributed by atoms with Crippen molar-refractivity contribution in [3.8, 4) is 0 Å². The molecule has 0 bridgehead atoms. The van der Waals surface area contributed by atoms with Crippen LogP contribution in [0.25, 0.3) is 0 Å². The van der Waals surface area contributed by atoms with E-state index in [0.29, 0.717) is 11.6 Å². The second-order valence-corrected chi connectivity index (χ2v) is 17.3. The maximum atomic E-state index is 14.1. The Labute approximate surface area is 307 Å². The number of carbonyl (C=O) groups excluding carboxylic acids is 1. The molecule has 1 aliphatic rings. The van der Waals surface area contributed by atoms with Gasteiger partial charge in [0.15, 0.2) is 0 Å². The molecule has 3 aromatic rings. The zero-order valence-electron chi connectivity index (χ0n) is 30.8. The number of hydrazine groups is 1. The highest BCUT2D eigenvalue weighted by molar-refractivity contribution is 7.87. The Balaban J connectivity index is 1.54. The van der Waals surface area contributed by atoms with E-state index < -0.39 is 32.4 Å². The van der Waals surface area contributed by atoms with Gasteiger partial charge in [0.2, 0.25) is 0 Å². The highest BCUT2D eigenvalue weighted by atomic mass is 32.2. The van der Waals surface area contributed by atoms with Crippen molar-refractivity contribution >= 4 is 32.4 Å². The quantitative estimate of drug-likeness (QED) is 0.182. The lowest BCUT2D eigenvalue weighted by molar-refractivity contribution is 0.0719. The molecule has 0 spiro atoms. The molecule has 2 heterocycles. The molecule has 4 rings (SSSR count). The van der Waals surface area contributed by atoms with Gasteiger partial charge in [-0.3, -0.25) is 10.2 Å². The van der Waals surface area contributed by atoms with E-state index in [9.17, 15) is 31.5 Å². The predicted octanol–water partition coefficient (Wildman–Crippen LogP) is 2.65. The maximum absolute atomic E-state index is 14.1. The lowest BCUT2D eigenvalue weighted by Gasteiger charge is -2.37. The van der Waals surface area contributed by atoms with Gasteiger partial charge in [0.1, 0.15) is 11.6 Å². The molecule has 17 nitrogen and oxygen atoms in total. The molecular formula is C33H52N10O7S2. The average Bonchev–Trinajstić information content (AvgIpc) is 3.78. The average molecular weight is 765 g/mol. The highest BCUT2D eigenvalue weighted by Crippen LogP contribution is 2.26. The zero-order chi connectivity index (χ0) is 38.2. The van der Waals surface area contributed by atoms with Crippen molar-refractivity contribution in [1.29, 1.82) is 0 Å². The fraction of sp³-hybridized carbons (Fsp3) is 0.576. The number of hydrogen-bond acceptors (Lipinski definition) is 10. The third-order valence-corrected chi connectivity index (χ3v) is 12.5. The third-order valence-electron chi connectivity index (χ3n) is 9.02. The second kappa shape index (κ2) is 17.8. The molecule has 19 heteroatoms. The lowest BCUT2D eigenvalue weighted by Crippen LogP contribution is -2.49. The van der Waals surface area contributed by atoms with Crippen LogP contribution < -0.4 is 5.43 Å². The normalized spacial score (nSPS) is 16.9. The van der Waals surface area contributed by atoms with Gasteiger partial charge in [-0.1, -0.05) is 26.0 Å². The molecule has 0 radical (unpaired) electrons. The maximum Gasteiger partial charge on any atom is 0.407 e. The van der Waals surface area contributed by atoms with Gasteiger partial charge < -0.3 is 14.9 Å². The summed E-state index contributed by atoms with van der Waals surface area (Å²) >= 11 is 0. The van der Waals surface area contributed by atoms with Crippen LogP contribution in [0.15, 0.2) is 49.1 Å². The summed E-state index contributed by atoms with van der Waals surface area (Å²) in [7, 11) is -2.49. The molecule has 2 N–H and O–H groups in total. The Hall–Kier alpha value is -3.88. The first-order valence-electron chi connectivity index (χ1n) is 17.4. The predicted molar refractivity (Wildman–Crippen MR) is 195 cm³/mol. The number of aromatic nitrogens is 4. The minimum atomic E-state index is -3.98. The van der Waals surface area contributed by atoms with Gasteiger partial charge >= 0.3 is 26.5 Å². The second-order valence-electron chi connectivity index (χ2n) is 13.2. The number of benzene rings is 1. The lowest BCUT2D eigenvalue weighted by atomic mass is 9.90. The Morgan fingerprint density at radius 3 is 1.69 bits per heavy atom. The van der Waals surface area contributed by atoms with Gasteiger partial charge in [-0.25, -0.2) is 27.7 Å². The van der Waals surface area contributed by atoms with Gasteiger partial charge in [-0.2, -0.15) is 25.4 Å². The minimum Gasteiger partial charge on any atom is -0.465 e. The Morgan fingerprint density at radius 1 is 0.788 bits per heavy atom. The van der Waals surface area contributed by atoms with Crippen molar-refractivity contribution in [3.63, 3.8) is 0 Å². The van der Waals surface area contributed by atoms with Gasteiger partial charge in [-0.05, 0) is 56.2 Å². The van der Waals surface area contributed by atoms with Crippen LogP contribution in [-0.4, -0.2) is 129 Å². The van der Waals surface area contributed by atoms with Crippen LogP contribution in [0.2, 0.25) is 0 Å². The molecular weight excluding hydrogens is 713 g/mol. The first kappa shape index (κ1) is 40.9. The monoisotopic (exact) mass is 764 g/mol. The SMILES string of the molecule is CCCN(CCC)NC1CCC(N(Cc2ccc(C(=O)N(Cc3nccn3S(=O)(=O)N(C)C)Cc3nccn3S(=O)(=O)N(C)C)cc2)C(=O)O)CC1. The molecule has 2 amide bonds. The van der Waals surface area contributed by atoms with E-state index in [4.69, 9.17) is 0 Å². The number of carboxylic acid groups (broad SMARTS) is 1. The number of carbonyl (C=O) groups is 2. The van der Waals surface area contributed by atoms with Gasteiger partial charge in [0, 0.05) is 90.3 Å². The number of hydrogen-bond donors (Lipinski definition) is 2. The summed E-state index contributed by atoms with van der Waals surface area (Å²) in [5.41, 5.74) is 4.56. The van der Waals surface area contributed by atoms with Crippen molar-refractivity contribution in [3.05, 3.63) is 71.8 Å². The number of nitrogens with one attached hydrogen (secondary N) is 1. The van der Waals surface area contributed by atoms with Crippen LogP contribution in [-0.2, 0) is 40.1 Å². The van der Waals surface area contributed by atoms with Crippen molar-refractivity contribution in [2.24, 2.45) is 0 Å². The van der Waals surface area contributed by atoms with E-state index in [-0.39, 0.29) is 42.9 Å². The van der Waals surface area contributed by atoms with Crippen molar-refractivity contribution in [2.75, 3.05) is 41.3 Å². The van der Waals surface area contributed by atoms with Crippen molar-refractivity contribution < 1.29 is 31.5 Å². The van der Waals surface area contributed by atoms with Crippen molar-refractivity contribution in [1.82, 2.24) is 46.8 Å². The summed E-state index contributed by atoms with van der Waals surface area (Å²) in [4.78, 5) is 37.6. The Kier molecular flexibility index (Phi) is 14.0. The summed E-state index contributed by atoms with van der Waals surface area (Å²) in [6.07, 6.45) is 9.44. The highest BCUT2D eigenvalue weighted by Gasteiger charge is 2.31. The molecule has 0 unspecified atom stereocenters. The number of amides is 2. The first-order valence-corrected chi connectivity index (χ1v) is 20.2. The number of imidazole rings is 2. The van der Waals surface area contributed by atoms with Gasteiger partial charge in [-0.15, -0.1) is 0 Å². The molecule has 0 aliphatic heterocycles. The fourth-order valence-corrected chi connectivity index (χ4v) is 8.08. The number of rotatable bonds is 18. The third kappa shape index (κ3) is 9.75. The Morgan fingerprint density at radius 2 is 1.27 bits per heavy atom. The van der Waals surface area contributed by atoms with Crippen LogP contribution >= 0.6 is 0 Å².